The Labute approximate surface area is 209 Å². The van der Waals surface area contributed by atoms with Crippen molar-refractivity contribution in [2.45, 2.75) is 32.9 Å². The third-order valence-corrected chi connectivity index (χ3v) is 6.58. The highest BCUT2D eigenvalue weighted by Crippen LogP contribution is 2.23. The number of carbonyl (C=O) groups excluding carboxylic acids is 1. The highest BCUT2D eigenvalue weighted by atomic mass is 35.5. The van der Waals surface area contributed by atoms with E-state index in [4.69, 9.17) is 16.6 Å². The van der Waals surface area contributed by atoms with Crippen LogP contribution in [0.25, 0.3) is 11.0 Å². The van der Waals surface area contributed by atoms with Crippen LogP contribution in [0.5, 0.6) is 0 Å². The minimum Gasteiger partial charge on any atom is -0.342 e. The number of carbonyl (C=O) groups is 1. The average molecular weight is 484 g/mol. The summed E-state index contributed by atoms with van der Waals surface area (Å²) in [5.41, 5.74) is 5.92. The molecular formula is C28H26ClN5O. The van der Waals surface area contributed by atoms with Gasteiger partial charge >= 0.3 is 0 Å². The number of imidazole rings is 1. The van der Waals surface area contributed by atoms with Crippen LogP contribution < -0.4 is 5.32 Å². The number of H-pyrrole nitrogens is 1. The standard InChI is InChI=1S/C28H26ClN5O/c1-18-26(19(2)34(33-18)17-21-12-6-7-13-22(21)29)28(35)32-25(16-20-10-4-3-5-11-20)27-30-23-14-8-9-15-24(23)31-27/h3-15,25H,16-17H2,1-2H3,(H,30,31)(H,32,35). The molecule has 1 unspecified atom stereocenters. The number of amides is 1. The maximum atomic E-state index is 13.6. The fourth-order valence-corrected chi connectivity index (χ4v) is 4.60. The summed E-state index contributed by atoms with van der Waals surface area (Å²) in [6.07, 6.45) is 0.609. The van der Waals surface area contributed by atoms with Crippen LogP contribution in [-0.2, 0) is 13.0 Å². The van der Waals surface area contributed by atoms with Gasteiger partial charge in [-0.2, -0.15) is 5.10 Å². The monoisotopic (exact) mass is 483 g/mol. The number of benzene rings is 3. The third-order valence-electron chi connectivity index (χ3n) is 6.21. The van der Waals surface area contributed by atoms with Crippen LogP contribution in [0.15, 0.2) is 78.9 Å². The Morgan fingerprint density at radius 3 is 2.49 bits per heavy atom. The molecule has 0 saturated carbocycles. The van der Waals surface area contributed by atoms with Gasteiger partial charge in [-0.1, -0.05) is 72.3 Å². The van der Waals surface area contributed by atoms with Gasteiger partial charge in [-0.3, -0.25) is 9.48 Å². The number of para-hydroxylation sites is 2. The summed E-state index contributed by atoms with van der Waals surface area (Å²) in [5, 5.41) is 8.54. The molecule has 0 aliphatic rings. The molecule has 1 amide bonds. The molecule has 5 rings (SSSR count). The molecule has 0 aliphatic carbocycles. The van der Waals surface area contributed by atoms with Gasteiger partial charge in [-0.05, 0) is 49.6 Å². The summed E-state index contributed by atoms with van der Waals surface area (Å²) in [7, 11) is 0. The van der Waals surface area contributed by atoms with Gasteiger partial charge in [-0.15, -0.1) is 0 Å². The second kappa shape index (κ2) is 9.76. The Hall–Kier alpha value is -3.90. The molecule has 2 aromatic heterocycles. The van der Waals surface area contributed by atoms with Gasteiger partial charge in [0.15, 0.2) is 0 Å². The lowest BCUT2D eigenvalue weighted by Gasteiger charge is -2.17. The zero-order valence-corrected chi connectivity index (χ0v) is 20.4. The van der Waals surface area contributed by atoms with Crippen molar-refractivity contribution in [1.29, 1.82) is 0 Å². The van der Waals surface area contributed by atoms with E-state index in [2.05, 4.69) is 27.5 Å². The van der Waals surface area contributed by atoms with Crippen molar-refractivity contribution in [2.24, 2.45) is 0 Å². The molecule has 2 N–H and O–H groups in total. The zero-order valence-electron chi connectivity index (χ0n) is 19.6. The molecular weight excluding hydrogens is 458 g/mol. The molecule has 0 bridgehead atoms. The Bertz CT molecular complexity index is 1460. The van der Waals surface area contributed by atoms with E-state index in [0.717, 1.165) is 33.7 Å². The number of hydrogen-bond donors (Lipinski definition) is 2. The van der Waals surface area contributed by atoms with Crippen LogP contribution in [0.4, 0.5) is 0 Å². The summed E-state index contributed by atoms with van der Waals surface area (Å²) >= 11 is 6.35. The molecule has 6 nitrogen and oxygen atoms in total. The first kappa shape index (κ1) is 22.9. The Kier molecular flexibility index (Phi) is 6.38. The molecule has 176 valence electrons. The molecule has 0 aliphatic heterocycles. The second-order valence-electron chi connectivity index (χ2n) is 8.65. The quantitative estimate of drug-likeness (QED) is 0.307. The smallest absolute Gasteiger partial charge is 0.255 e. The normalized spacial score (nSPS) is 12.1. The molecule has 0 fully saturated rings. The van der Waals surface area contributed by atoms with Crippen molar-refractivity contribution in [3.05, 3.63) is 118 Å². The summed E-state index contributed by atoms with van der Waals surface area (Å²) in [6, 6.07) is 25.3. The first-order valence-electron chi connectivity index (χ1n) is 11.6. The predicted octanol–water partition coefficient (Wildman–Crippen LogP) is 5.79. The summed E-state index contributed by atoms with van der Waals surface area (Å²) in [6.45, 7) is 4.27. The van der Waals surface area contributed by atoms with E-state index in [9.17, 15) is 4.79 Å². The number of hydrogen-bond acceptors (Lipinski definition) is 3. The van der Waals surface area contributed by atoms with Crippen LogP contribution in [0.1, 0.15) is 44.7 Å². The SMILES string of the molecule is Cc1nn(Cc2ccccc2Cl)c(C)c1C(=O)NC(Cc1ccccc1)c1nc2ccccc2[nH]1. The lowest BCUT2D eigenvalue weighted by atomic mass is 10.0. The molecule has 35 heavy (non-hydrogen) atoms. The minimum absolute atomic E-state index is 0.174. The van der Waals surface area contributed by atoms with E-state index in [1.165, 1.54) is 0 Å². The molecule has 0 spiro atoms. The number of aryl methyl sites for hydroxylation is 1. The number of halogens is 1. The third kappa shape index (κ3) is 4.84. The van der Waals surface area contributed by atoms with Crippen LogP contribution in [0.2, 0.25) is 5.02 Å². The van der Waals surface area contributed by atoms with Crippen molar-refractivity contribution in [2.75, 3.05) is 0 Å². The molecule has 0 radical (unpaired) electrons. The Balaban J connectivity index is 1.45. The summed E-state index contributed by atoms with van der Waals surface area (Å²) < 4.78 is 1.83. The number of rotatable bonds is 7. The van der Waals surface area contributed by atoms with Crippen molar-refractivity contribution >= 4 is 28.5 Å². The fourth-order valence-electron chi connectivity index (χ4n) is 4.40. The first-order valence-corrected chi connectivity index (χ1v) is 11.9. The summed E-state index contributed by atoms with van der Waals surface area (Å²) in [4.78, 5) is 21.7. The molecule has 5 aromatic rings. The topological polar surface area (TPSA) is 75.6 Å². The molecule has 1 atom stereocenters. The number of nitrogens with zero attached hydrogens (tertiary/aromatic N) is 3. The van der Waals surface area contributed by atoms with Gasteiger partial charge in [0, 0.05) is 10.7 Å². The maximum Gasteiger partial charge on any atom is 0.255 e. The van der Waals surface area contributed by atoms with Crippen molar-refractivity contribution in [1.82, 2.24) is 25.1 Å². The second-order valence-corrected chi connectivity index (χ2v) is 9.06. The number of nitrogens with one attached hydrogen (secondary N) is 2. The lowest BCUT2D eigenvalue weighted by molar-refractivity contribution is 0.0933. The first-order chi connectivity index (χ1) is 17.0. The van der Waals surface area contributed by atoms with Gasteiger partial charge in [0.1, 0.15) is 5.82 Å². The van der Waals surface area contributed by atoms with E-state index in [1.807, 2.05) is 85.3 Å². The number of fused-ring (bicyclic) bond motifs is 1. The van der Waals surface area contributed by atoms with E-state index < -0.39 is 0 Å². The molecule has 7 heteroatoms. The van der Waals surface area contributed by atoms with E-state index in [1.54, 1.807) is 0 Å². The highest BCUT2D eigenvalue weighted by Gasteiger charge is 2.24. The van der Waals surface area contributed by atoms with Gasteiger partial charge in [0.05, 0.1) is 34.9 Å². The van der Waals surface area contributed by atoms with Crippen molar-refractivity contribution < 1.29 is 4.79 Å². The van der Waals surface area contributed by atoms with Gasteiger partial charge < -0.3 is 10.3 Å². The fraction of sp³-hybridized carbons (Fsp3) is 0.179. The lowest BCUT2D eigenvalue weighted by Crippen LogP contribution is -2.31. The maximum absolute atomic E-state index is 13.6. The minimum atomic E-state index is -0.331. The largest absolute Gasteiger partial charge is 0.342 e. The predicted molar refractivity (Wildman–Crippen MR) is 139 cm³/mol. The highest BCUT2D eigenvalue weighted by molar-refractivity contribution is 6.31. The van der Waals surface area contributed by atoms with E-state index in [-0.39, 0.29) is 11.9 Å². The van der Waals surface area contributed by atoms with Crippen molar-refractivity contribution in [3.8, 4) is 0 Å². The Morgan fingerprint density at radius 1 is 1.00 bits per heavy atom. The van der Waals surface area contributed by atoms with Crippen LogP contribution >= 0.6 is 11.6 Å². The summed E-state index contributed by atoms with van der Waals surface area (Å²) in [5.74, 6) is 0.550. The molecule has 2 heterocycles. The average Bonchev–Trinajstić information content (AvgIpc) is 3.41. The van der Waals surface area contributed by atoms with Crippen LogP contribution in [0, 0.1) is 13.8 Å². The van der Waals surface area contributed by atoms with E-state index >= 15 is 0 Å². The molecule has 0 saturated heterocycles. The van der Waals surface area contributed by atoms with Gasteiger partial charge in [-0.25, -0.2) is 4.98 Å². The number of aromatic nitrogens is 4. The van der Waals surface area contributed by atoms with Crippen LogP contribution in [-0.4, -0.2) is 25.7 Å². The van der Waals surface area contributed by atoms with E-state index in [0.29, 0.717) is 29.2 Å². The van der Waals surface area contributed by atoms with Crippen molar-refractivity contribution in [3.63, 3.8) is 0 Å². The molecule has 3 aromatic carbocycles. The van der Waals surface area contributed by atoms with Gasteiger partial charge in [0.25, 0.3) is 5.91 Å². The number of aromatic amines is 1. The van der Waals surface area contributed by atoms with Crippen LogP contribution in [0.3, 0.4) is 0 Å². The zero-order chi connectivity index (χ0) is 24.4. The Morgan fingerprint density at radius 2 is 1.71 bits per heavy atom. The van der Waals surface area contributed by atoms with Gasteiger partial charge in [0.2, 0.25) is 0 Å².